The highest BCUT2D eigenvalue weighted by Crippen LogP contribution is 2.38. The molecule has 0 aliphatic carbocycles. The summed E-state index contributed by atoms with van der Waals surface area (Å²) in [5.74, 6) is 0.752. The van der Waals surface area contributed by atoms with E-state index in [0.29, 0.717) is 17.5 Å². The lowest BCUT2D eigenvalue weighted by molar-refractivity contribution is 0.808. The molecule has 0 saturated heterocycles. The smallest absolute Gasteiger partial charge is 0.187 e. The van der Waals surface area contributed by atoms with Crippen molar-refractivity contribution in [3.63, 3.8) is 0 Å². The lowest BCUT2D eigenvalue weighted by atomic mass is 9.88. The second-order valence-electron chi connectivity index (χ2n) is 8.60. The minimum absolute atomic E-state index is 0.376. The zero-order valence-corrected chi connectivity index (χ0v) is 18.6. The summed E-state index contributed by atoms with van der Waals surface area (Å²) in [6.07, 6.45) is 2.18. The largest absolute Gasteiger partial charge is 0.316 e. The summed E-state index contributed by atoms with van der Waals surface area (Å²) < 4.78 is 2.35. The predicted molar refractivity (Wildman–Crippen MR) is 131 cm³/mol. The summed E-state index contributed by atoms with van der Waals surface area (Å²) in [6, 6.07) is 27.5. The van der Waals surface area contributed by atoms with E-state index in [1.807, 2.05) is 12.1 Å². The van der Waals surface area contributed by atoms with Crippen LogP contribution in [0.25, 0.3) is 32.9 Å². The van der Waals surface area contributed by atoms with E-state index in [-0.39, 0.29) is 0 Å². The number of hydrogen-bond acceptors (Lipinski definition) is 0. The average molecular weight is 405 g/mol. The number of nitrogens with zero attached hydrogens (tertiary/aromatic N) is 2. The number of rotatable bonds is 5. The normalized spacial score (nSPS) is 11.1. The molecule has 154 valence electrons. The van der Waals surface area contributed by atoms with Crippen LogP contribution in [-0.4, -0.2) is 4.57 Å². The van der Waals surface area contributed by atoms with Gasteiger partial charge in [0, 0.05) is 6.20 Å². The van der Waals surface area contributed by atoms with E-state index >= 15 is 0 Å². The van der Waals surface area contributed by atoms with Crippen molar-refractivity contribution in [2.45, 2.75) is 39.5 Å². The van der Waals surface area contributed by atoms with Crippen LogP contribution in [0.3, 0.4) is 0 Å². The minimum atomic E-state index is 0.376. The first-order valence-corrected chi connectivity index (χ1v) is 10.9. The van der Waals surface area contributed by atoms with Crippen LogP contribution in [0.2, 0.25) is 0 Å². The van der Waals surface area contributed by atoms with E-state index in [2.05, 4.69) is 110 Å². The van der Waals surface area contributed by atoms with E-state index in [4.69, 9.17) is 6.57 Å². The Morgan fingerprint density at radius 3 is 1.84 bits per heavy atom. The lowest BCUT2D eigenvalue weighted by Gasteiger charge is -2.24. The maximum atomic E-state index is 7.22. The summed E-state index contributed by atoms with van der Waals surface area (Å²) in [5.41, 5.74) is 9.42. The molecule has 4 rings (SSSR count). The molecule has 0 fully saturated rings. The quantitative estimate of drug-likeness (QED) is 0.295. The van der Waals surface area contributed by atoms with Crippen LogP contribution in [0, 0.1) is 6.57 Å². The molecule has 0 amide bonds. The van der Waals surface area contributed by atoms with Crippen molar-refractivity contribution >= 4 is 5.69 Å². The first-order valence-electron chi connectivity index (χ1n) is 10.9. The first-order chi connectivity index (χ1) is 15.0. The second kappa shape index (κ2) is 8.66. The molecule has 0 N–H and O–H groups in total. The van der Waals surface area contributed by atoms with Crippen LogP contribution >= 0.6 is 0 Å². The van der Waals surface area contributed by atoms with Gasteiger partial charge in [-0.05, 0) is 63.9 Å². The second-order valence-corrected chi connectivity index (χ2v) is 8.60. The summed E-state index contributed by atoms with van der Waals surface area (Å²) in [5, 5.41) is 0. The van der Waals surface area contributed by atoms with Crippen molar-refractivity contribution in [2.24, 2.45) is 0 Å². The zero-order valence-electron chi connectivity index (χ0n) is 18.6. The molecule has 0 aliphatic rings. The summed E-state index contributed by atoms with van der Waals surface area (Å²) >= 11 is 0. The van der Waals surface area contributed by atoms with Crippen molar-refractivity contribution < 1.29 is 0 Å². The van der Waals surface area contributed by atoms with Crippen LogP contribution in [0.4, 0.5) is 5.69 Å². The molecule has 2 nitrogen and oxygen atoms in total. The third kappa shape index (κ3) is 4.05. The molecule has 4 aromatic rings. The number of hydrogen-bond donors (Lipinski definition) is 0. The molecule has 0 radical (unpaired) electrons. The van der Waals surface area contributed by atoms with E-state index in [0.717, 1.165) is 5.56 Å². The molecular weight excluding hydrogens is 376 g/mol. The third-order valence-corrected chi connectivity index (χ3v) is 5.80. The monoisotopic (exact) mass is 404 g/mol. The third-order valence-electron chi connectivity index (χ3n) is 5.80. The molecule has 0 atom stereocenters. The standard InChI is InChI=1S/C29H28N2/c1-20(2)26-18-24(22-13-15-25(30-5)16-14-22)19-27(21(3)4)29(26)31-17-9-12-28(31)23-10-7-6-8-11-23/h6-21H,1-4H3. The van der Waals surface area contributed by atoms with E-state index in [1.165, 1.54) is 33.6 Å². The van der Waals surface area contributed by atoms with Crippen molar-refractivity contribution in [2.75, 3.05) is 0 Å². The van der Waals surface area contributed by atoms with Gasteiger partial charge in [-0.3, -0.25) is 0 Å². The Morgan fingerprint density at radius 2 is 1.29 bits per heavy atom. The van der Waals surface area contributed by atoms with Crippen molar-refractivity contribution in [3.8, 4) is 28.1 Å². The Hall–Kier alpha value is -3.57. The molecule has 3 aromatic carbocycles. The summed E-state index contributed by atoms with van der Waals surface area (Å²) in [4.78, 5) is 3.53. The average Bonchev–Trinajstić information content (AvgIpc) is 3.28. The zero-order chi connectivity index (χ0) is 22.0. The molecule has 0 unspecified atom stereocenters. The van der Waals surface area contributed by atoms with Gasteiger partial charge in [0.1, 0.15) is 0 Å². The number of aromatic nitrogens is 1. The minimum Gasteiger partial charge on any atom is -0.316 e. The number of benzene rings is 3. The molecular formula is C29H28N2. The fourth-order valence-corrected chi connectivity index (χ4v) is 4.15. The fourth-order valence-electron chi connectivity index (χ4n) is 4.15. The molecule has 1 aromatic heterocycles. The lowest BCUT2D eigenvalue weighted by Crippen LogP contribution is -2.08. The molecule has 2 heteroatoms. The SMILES string of the molecule is [C-]#[N+]c1ccc(-c2cc(C(C)C)c(-n3cccc3-c3ccccc3)c(C(C)C)c2)cc1. The van der Waals surface area contributed by atoms with Crippen molar-refractivity contribution in [1.29, 1.82) is 0 Å². The highest BCUT2D eigenvalue weighted by atomic mass is 15.0. The van der Waals surface area contributed by atoms with Gasteiger partial charge >= 0.3 is 0 Å². The van der Waals surface area contributed by atoms with Crippen LogP contribution < -0.4 is 0 Å². The van der Waals surface area contributed by atoms with E-state index in [9.17, 15) is 0 Å². The first kappa shape index (κ1) is 20.7. The Bertz CT molecular complexity index is 1190. The molecule has 0 spiro atoms. The van der Waals surface area contributed by atoms with Crippen LogP contribution in [-0.2, 0) is 0 Å². The van der Waals surface area contributed by atoms with Gasteiger partial charge in [-0.1, -0.05) is 82.3 Å². The summed E-state index contributed by atoms with van der Waals surface area (Å²) in [7, 11) is 0. The van der Waals surface area contributed by atoms with E-state index < -0.39 is 0 Å². The fraction of sp³-hybridized carbons (Fsp3) is 0.207. The highest BCUT2D eigenvalue weighted by molar-refractivity contribution is 5.73. The maximum absolute atomic E-state index is 7.22. The van der Waals surface area contributed by atoms with Gasteiger partial charge < -0.3 is 4.57 Å². The van der Waals surface area contributed by atoms with Crippen LogP contribution in [0.1, 0.15) is 50.7 Å². The van der Waals surface area contributed by atoms with Crippen molar-refractivity contribution in [3.05, 3.63) is 108 Å². The topological polar surface area (TPSA) is 9.29 Å². The molecule has 0 aliphatic heterocycles. The van der Waals surface area contributed by atoms with Gasteiger partial charge in [-0.15, -0.1) is 0 Å². The van der Waals surface area contributed by atoms with Crippen LogP contribution in [0.15, 0.2) is 85.1 Å². The highest BCUT2D eigenvalue weighted by Gasteiger charge is 2.20. The Labute approximate surface area is 185 Å². The van der Waals surface area contributed by atoms with Crippen molar-refractivity contribution in [1.82, 2.24) is 4.57 Å². The summed E-state index contributed by atoms with van der Waals surface area (Å²) in [6.45, 7) is 16.3. The van der Waals surface area contributed by atoms with Gasteiger partial charge in [-0.25, -0.2) is 4.85 Å². The molecule has 1 heterocycles. The molecule has 0 saturated carbocycles. The van der Waals surface area contributed by atoms with Crippen LogP contribution in [0.5, 0.6) is 0 Å². The maximum Gasteiger partial charge on any atom is 0.187 e. The Balaban J connectivity index is 1.95. The van der Waals surface area contributed by atoms with E-state index in [1.54, 1.807) is 0 Å². The Kier molecular flexibility index (Phi) is 5.78. The van der Waals surface area contributed by atoms with Gasteiger partial charge in [0.15, 0.2) is 5.69 Å². The van der Waals surface area contributed by atoms with Gasteiger partial charge in [0.05, 0.1) is 18.0 Å². The Morgan fingerprint density at radius 1 is 0.677 bits per heavy atom. The van der Waals surface area contributed by atoms with Gasteiger partial charge in [0.25, 0.3) is 0 Å². The molecule has 31 heavy (non-hydrogen) atoms. The predicted octanol–water partition coefficient (Wildman–Crippen LogP) is 8.61. The van der Waals surface area contributed by atoms with Gasteiger partial charge in [0.2, 0.25) is 0 Å². The molecule has 0 bridgehead atoms. The van der Waals surface area contributed by atoms with Gasteiger partial charge in [-0.2, -0.15) is 0 Å².